The summed E-state index contributed by atoms with van der Waals surface area (Å²) in [4.78, 5) is 35.4. The van der Waals surface area contributed by atoms with Crippen LogP contribution in [0.5, 0.6) is 11.5 Å². The minimum atomic E-state index is -0.470. The average molecular weight is 583 g/mol. The summed E-state index contributed by atoms with van der Waals surface area (Å²) in [7, 11) is 4.90. The van der Waals surface area contributed by atoms with Gasteiger partial charge in [-0.05, 0) is 47.4 Å². The molecule has 2 amide bonds. The first-order valence-electron chi connectivity index (χ1n) is 13.7. The fourth-order valence-corrected chi connectivity index (χ4v) is 5.51. The zero-order valence-corrected chi connectivity index (χ0v) is 24.3. The number of ether oxygens (including phenoxy) is 2. The molecule has 1 unspecified atom stereocenters. The molecule has 2 aromatic heterocycles. The Bertz CT molecular complexity index is 1710. The van der Waals surface area contributed by atoms with Crippen molar-refractivity contribution in [3.8, 4) is 11.5 Å². The molecule has 0 radical (unpaired) electrons. The summed E-state index contributed by atoms with van der Waals surface area (Å²) in [5.41, 5.74) is 22.9. The Kier molecular flexibility index (Phi) is 8.28. The van der Waals surface area contributed by atoms with Crippen LogP contribution >= 0.6 is 0 Å². The van der Waals surface area contributed by atoms with E-state index in [2.05, 4.69) is 21.1 Å². The predicted octanol–water partition coefficient (Wildman–Crippen LogP) is 2.20. The van der Waals surface area contributed by atoms with E-state index in [0.717, 1.165) is 22.4 Å². The van der Waals surface area contributed by atoms with Crippen LogP contribution in [0.15, 0.2) is 54.7 Å². The topological polar surface area (TPSA) is 177 Å². The molecule has 0 aliphatic carbocycles. The predicted molar refractivity (Wildman–Crippen MR) is 162 cm³/mol. The molecule has 1 aliphatic heterocycles. The second-order valence-corrected chi connectivity index (χ2v) is 10.3. The number of rotatable bonds is 9. The lowest BCUT2D eigenvalue weighted by molar-refractivity contribution is -0.128. The molecule has 1 aliphatic rings. The number of hydrogen-bond donors (Lipinski definition) is 3. The highest BCUT2D eigenvalue weighted by Crippen LogP contribution is 2.37. The Morgan fingerprint density at radius 3 is 2.63 bits per heavy atom. The summed E-state index contributed by atoms with van der Waals surface area (Å²) < 4.78 is 13.0. The largest absolute Gasteiger partial charge is 0.493 e. The van der Waals surface area contributed by atoms with E-state index < -0.39 is 11.9 Å². The fourth-order valence-electron chi connectivity index (χ4n) is 5.51. The molecule has 0 saturated heterocycles. The Labute approximate surface area is 249 Å². The minimum Gasteiger partial charge on any atom is -0.493 e. The first kappa shape index (κ1) is 29.1. The molecule has 12 nitrogen and oxygen atoms in total. The molecule has 12 heteroatoms. The Hall–Kier alpha value is -5.39. The number of benzene rings is 2. The van der Waals surface area contributed by atoms with Gasteiger partial charge in [-0.2, -0.15) is 10.1 Å². The van der Waals surface area contributed by atoms with E-state index in [0.29, 0.717) is 53.5 Å². The highest BCUT2D eigenvalue weighted by atomic mass is 16.5. The monoisotopic (exact) mass is 582 g/mol. The van der Waals surface area contributed by atoms with E-state index >= 15 is 0 Å². The SMILES string of the molecule is COc1cc(Cc2cnc(N)nc2N)cc(/C=C/C(=O)N2CCc3ccccc3C2c2cc(CC(N)=O)nn2C)c1OC. The van der Waals surface area contributed by atoms with Crippen LogP contribution in [-0.4, -0.2) is 57.2 Å². The van der Waals surface area contributed by atoms with Gasteiger partial charge in [0.05, 0.1) is 38.1 Å². The lowest BCUT2D eigenvalue weighted by Gasteiger charge is -2.37. The molecule has 4 aromatic rings. The van der Waals surface area contributed by atoms with E-state index in [4.69, 9.17) is 26.7 Å². The first-order valence-corrected chi connectivity index (χ1v) is 13.7. The second-order valence-electron chi connectivity index (χ2n) is 10.3. The number of anilines is 2. The summed E-state index contributed by atoms with van der Waals surface area (Å²) >= 11 is 0. The third-order valence-electron chi connectivity index (χ3n) is 7.45. The van der Waals surface area contributed by atoms with Crippen molar-refractivity contribution in [3.63, 3.8) is 0 Å². The number of hydrogen-bond acceptors (Lipinski definition) is 9. The molecular formula is C31H34N8O4. The highest BCUT2D eigenvalue weighted by Gasteiger charge is 2.33. The molecule has 0 bridgehead atoms. The standard InChI is InChI=1S/C31H34N8O4/c1-38-24(15-22(37-38)16-26(32)40)28-23-7-5-4-6-19(23)10-11-39(28)27(41)9-8-20-12-18(14-25(42-2)29(20)43-3)13-21-17-35-31(34)36-30(21)33/h4-9,12,14-15,17,28H,10-11,13,16H2,1-3H3,(H2,32,40)(H4,33,34,35,36)/b9-8+. The van der Waals surface area contributed by atoms with Gasteiger partial charge < -0.3 is 31.6 Å². The van der Waals surface area contributed by atoms with Crippen molar-refractivity contribution >= 4 is 29.7 Å². The number of fused-ring (bicyclic) bond motifs is 1. The lowest BCUT2D eigenvalue weighted by Crippen LogP contribution is -2.40. The number of amides is 2. The number of carbonyl (C=O) groups is 2. The summed E-state index contributed by atoms with van der Waals surface area (Å²) in [6.07, 6.45) is 5.98. The molecule has 2 aromatic carbocycles. The van der Waals surface area contributed by atoms with Gasteiger partial charge in [0.25, 0.3) is 0 Å². The van der Waals surface area contributed by atoms with Gasteiger partial charge in [0, 0.05) is 43.4 Å². The summed E-state index contributed by atoms with van der Waals surface area (Å²) in [6.45, 7) is 0.498. The normalized spacial score (nSPS) is 14.5. The van der Waals surface area contributed by atoms with Gasteiger partial charge in [-0.25, -0.2) is 4.98 Å². The maximum atomic E-state index is 13.9. The van der Waals surface area contributed by atoms with Crippen molar-refractivity contribution < 1.29 is 19.1 Å². The maximum Gasteiger partial charge on any atom is 0.247 e. The minimum absolute atomic E-state index is 0.0160. The molecular weight excluding hydrogens is 548 g/mol. The zero-order chi connectivity index (χ0) is 30.7. The molecule has 0 fully saturated rings. The van der Waals surface area contributed by atoms with Crippen molar-refractivity contribution in [3.05, 3.63) is 93.9 Å². The van der Waals surface area contributed by atoms with Gasteiger partial charge >= 0.3 is 0 Å². The van der Waals surface area contributed by atoms with Crippen molar-refractivity contribution in [2.45, 2.75) is 25.3 Å². The van der Waals surface area contributed by atoms with Gasteiger partial charge in [-0.15, -0.1) is 0 Å². The Morgan fingerprint density at radius 1 is 1.12 bits per heavy atom. The lowest BCUT2D eigenvalue weighted by atomic mass is 9.90. The van der Waals surface area contributed by atoms with Crippen molar-refractivity contribution in [2.24, 2.45) is 12.8 Å². The van der Waals surface area contributed by atoms with Gasteiger partial charge in [-0.3, -0.25) is 14.3 Å². The van der Waals surface area contributed by atoms with E-state index in [1.165, 1.54) is 6.08 Å². The van der Waals surface area contributed by atoms with Gasteiger partial charge in [-0.1, -0.05) is 24.3 Å². The van der Waals surface area contributed by atoms with Crippen molar-refractivity contribution in [1.29, 1.82) is 0 Å². The van der Waals surface area contributed by atoms with Gasteiger partial charge in [0.15, 0.2) is 11.5 Å². The highest BCUT2D eigenvalue weighted by molar-refractivity contribution is 5.93. The molecule has 0 spiro atoms. The van der Waals surface area contributed by atoms with Gasteiger partial charge in [0.1, 0.15) is 5.82 Å². The Morgan fingerprint density at radius 2 is 1.91 bits per heavy atom. The van der Waals surface area contributed by atoms with E-state index in [-0.39, 0.29) is 18.3 Å². The van der Waals surface area contributed by atoms with Crippen LogP contribution in [0.1, 0.15) is 45.2 Å². The van der Waals surface area contributed by atoms with Crippen LogP contribution in [0, 0.1) is 0 Å². The molecule has 0 saturated carbocycles. The van der Waals surface area contributed by atoms with Crippen LogP contribution < -0.4 is 26.7 Å². The third-order valence-corrected chi connectivity index (χ3v) is 7.45. The van der Waals surface area contributed by atoms with Crippen molar-refractivity contribution in [2.75, 3.05) is 32.2 Å². The fraction of sp³-hybridized carbons (Fsp3) is 0.258. The van der Waals surface area contributed by atoms with E-state index in [9.17, 15) is 9.59 Å². The average Bonchev–Trinajstić information content (AvgIpc) is 3.34. The number of nitrogens with two attached hydrogens (primary N) is 3. The first-order chi connectivity index (χ1) is 20.7. The van der Waals surface area contributed by atoms with Crippen LogP contribution in [0.3, 0.4) is 0 Å². The summed E-state index contributed by atoms with van der Waals surface area (Å²) in [5, 5.41) is 4.49. The molecule has 3 heterocycles. The molecule has 222 valence electrons. The number of nitrogens with zero attached hydrogens (tertiary/aromatic N) is 5. The van der Waals surface area contributed by atoms with Crippen LogP contribution in [-0.2, 0) is 35.9 Å². The smallest absolute Gasteiger partial charge is 0.247 e. The molecule has 6 N–H and O–H groups in total. The number of nitrogen functional groups attached to an aromatic ring is 2. The molecule has 43 heavy (non-hydrogen) atoms. The van der Waals surface area contributed by atoms with Crippen LogP contribution in [0.4, 0.5) is 11.8 Å². The van der Waals surface area contributed by atoms with E-state index in [1.54, 1.807) is 38.2 Å². The number of carbonyl (C=O) groups excluding carboxylic acids is 2. The quantitative estimate of drug-likeness (QED) is 0.250. The third kappa shape index (κ3) is 6.13. The molecule has 5 rings (SSSR count). The number of primary amides is 1. The Balaban J connectivity index is 1.49. The number of aromatic nitrogens is 4. The number of aryl methyl sites for hydroxylation is 1. The summed E-state index contributed by atoms with van der Waals surface area (Å²) in [5.74, 6) is 0.719. The summed E-state index contributed by atoms with van der Waals surface area (Å²) in [6, 6.07) is 13.2. The van der Waals surface area contributed by atoms with Crippen LogP contribution in [0.25, 0.3) is 6.08 Å². The molecule has 1 atom stereocenters. The number of methoxy groups -OCH3 is 2. The van der Waals surface area contributed by atoms with Gasteiger partial charge in [0.2, 0.25) is 17.8 Å². The zero-order valence-electron chi connectivity index (χ0n) is 24.3. The van der Waals surface area contributed by atoms with Crippen molar-refractivity contribution in [1.82, 2.24) is 24.6 Å². The second kappa shape index (κ2) is 12.2. The maximum absolute atomic E-state index is 13.9. The van der Waals surface area contributed by atoms with E-state index in [1.807, 2.05) is 41.3 Å². The van der Waals surface area contributed by atoms with Crippen LogP contribution in [0.2, 0.25) is 0 Å².